The molecule has 3 rings (SSSR count). The molecule has 3 aromatic rings. The number of fused-ring (bicyclic) bond motifs is 1. The zero-order valence-corrected chi connectivity index (χ0v) is 14.8. The van der Waals surface area contributed by atoms with Crippen molar-refractivity contribution in [1.29, 1.82) is 0 Å². The lowest BCUT2D eigenvalue weighted by Crippen LogP contribution is -2.12. The first-order valence-corrected chi connectivity index (χ1v) is 8.49. The monoisotopic (exact) mass is 417 g/mol. The van der Waals surface area contributed by atoms with Crippen molar-refractivity contribution in [2.24, 2.45) is 0 Å². The van der Waals surface area contributed by atoms with Gasteiger partial charge >= 0.3 is 12.1 Å². The van der Waals surface area contributed by atoms with Crippen LogP contribution in [0, 0.1) is 0 Å². The predicted molar refractivity (Wildman–Crippen MR) is 89.4 cm³/mol. The van der Waals surface area contributed by atoms with Crippen LogP contribution in [0.5, 0.6) is 0 Å². The van der Waals surface area contributed by atoms with Crippen molar-refractivity contribution in [3.05, 3.63) is 57.0 Å². The minimum Gasteiger partial charge on any atom is -0.464 e. The molecule has 0 atom stereocenters. The molecule has 3 nitrogen and oxygen atoms in total. The maximum Gasteiger partial charge on any atom is 0.416 e. The van der Waals surface area contributed by atoms with E-state index >= 15 is 0 Å². The van der Waals surface area contributed by atoms with Crippen molar-refractivity contribution in [2.45, 2.75) is 12.7 Å². The summed E-state index contributed by atoms with van der Waals surface area (Å²) in [6, 6.07) is 6.62. The molecule has 0 amide bonds. The maximum atomic E-state index is 12.7. The fourth-order valence-electron chi connectivity index (χ4n) is 2.45. The van der Waals surface area contributed by atoms with Gasteiger partial charge in [0.15, 0.2) is 0 Å². The molecule has 0 fully saturated rings. The number of methoxy groups -OCH3 is 1. The molecule has 2 aromatic heterocycles. The van der Waals surface area contributed by atoms with Gasteiger partial charge in [-0.05, 0) is 39.7 Å². The van der Waals surface area contributed by atoms with Crippen LogP contribution in [-0.2, 0) is 17.5 Å². The highest BCUT2D eigenvalue weighted by Gasteiger charge is 2.30. The number of benzene rings is 1. The topological polar surface area (TPSA) is 31.2 Å². The molecule has 1 aromatic carbocycles. The van der Waals surface area contributed by atoms with Crippen LogP contribution in [0.15, 0.2) is 40.2 Å². The molecule has 0 N–H and O–H groups in total. The Kier molecular flexibility index (Phi) is 4.44. The van der Waals surface area contributed by atoms with Crippen molar-refractivity contribution in [3.63, 3.8) is 0 Å². The summed E-state index contributed by atoms with van der Waals surface area (Å²) in [6.45, 7) is 0.265. The van der Waals surface area contributed by atoms with Gasteiger partial charge in [-0.1, -0.05) is 12.1 Å². The number of nitrogens with zero attached hydrogens (tertiary/aromatic N) is 1. The van der Waals surface area contributed by atoms with Crippen LogP contribution in [0.3, 0.4) is 0 Å². The van der Waals surface area contributed by atoms with Crippen LogP contribution in [0.2, 0.25) is 0 Å². The van der Waals surface area contributed by atoms with Gasteiger partial charge in [0.05, 0.1) is 27.4 Å². The molecule has 2 heterocycles. The molecular weight excluding hydrogens is 407 g/mol. The Hall–Kier alpha value is -1.80. The standard InChI is InChI=1S/C16H11BrF3NO2S/c1-23-15(22)12-6-13-14(11(17)8-24-13)21(12)7-9-2-4-10(5-3-9)16(18,19)20/h2-6,8H,7H2,1H3. The van der Waals surface area contributed by atoms with Gasteiger partial charge in [0.2, 0.25) is 0 Å². The van der Waals surface area contributed by atoms with Gasteiger partial charge < -0.3 is 9.30 Å². The molecular formula is C16H11BrF3NO2S. The molecule has 0 radical (unpaired) electrons. The van der Waals surface area contributed by atoms with Gasteiger partial charge in [-0.3, -0.25) is 0 Å². The number of ether oxygens (including phenoxy) is 1. The minimum absolute atomic E-state index is 0.265. The number of halogens is 4. The fourth-order valence-corrected chi connectivity index (χ4v) is 4.14. The third-order valence-electron chi connectivity index (χ3n) is 3.59. The zero-order chi connectivity index (χ0) is 17.5. The van der Waals surface area contributed by atoms with Crippen molar-refractivity contribution in [2.75, 3.05) is 7.11 Å². The van der Waals surface area contributed by atoms with Crippen molar-refractivity contribution < 1.29 is 22.7 Å². The SMILES string of the molecule is COC(=O)c1cc2scc(Br)c2n1Cc1ccc(C(F)(F)F)cc1. The van der Waals surface area contributed by atoms with E-state index in [0.29, 0.717) is 11.3 Å². The number of aromatic nitrogens is 1. The number of alkyl halides is 3. The van der Waals surface area contributed by atoms with E-state index in [4.69, 9.17) is 4.74 Å². The Morgan fingerprint density at radius 3 is 2.54 bits per heavy atom. The van der Waals surface area contributed by atoms with Gasteiger partial charge in [0.25, 0.3) is 0 Å². The Bertz CT molecular complexity index is 897. The molecule has 0 unspecified atom stereocenters. The molecule has 24 heavy (non-hydrogen) atoms. The van der Waals surface area contributed by atoms with Gasteiger partial charge in [0.1, 0.15) is 5.69 Å². The zero-order valence-electron chi connectivity index (χ0n) is 12.4. The predicted octanol–water partition coefficient (Wildman–Crippen LogP) is 5.32. The van der Waals surface area contributed by atoms with Crippen molar-refractivity contribution in [3.8, 4) is 0 Å². The number of esters is 1. The third-order valence-corrected chi connectivity index (χ3v) is 5.42. The number of carbonyl (C=O) groups is 1. The van der Waals surface area contributed by atoms with E-state index in [0.717, 1.165) is 26.8 Å². The van der Waals surface area contributed by atoms with Crippen LogP contribution < -0.4 is 0 Å². The van der Waals surface area contributed by atoms with E-state index in [1.165, 1.54) is 30.6 Å². The summed E-state index contributed by atoms with van der Waals surface area (Å²) in [6.07, 6.45) is -4.37. The lowest BCUT2D eigenvalue weighted by atomic mass is 10.1. The highest BCUT2D eigenvalue weighted by atomic mass is 79.9. The first-order chi connectivity index (χ1) is 11.3. The number of thiophene rings is 1. The summed E-state index contributed by atoms with van der Waals surface area (Å²) in [5.41, 5.74) is 1.14. The number of hydrogen-bond donors (Lipinski definition) is 0. The average molecular weight is 418 g/mol. The number of hydrogen-bond acceptors (Lipinski definition) is 3. The highest BCUT2D eigenvalue weighted by molar-refractivity contribution is 9.10. The fraction of sp³-hybridized carbons (Fsp3) is 0.188. The van der Waals surface area contributed by atoms with E-state index < -0.39 is 17.7 Å². The maximum absolute atomic E-state index is 12.7. The molecule has 8 heteroatoms. The van der Waals surface area contributed by atoms with Crippen LogP contribution in [-0.4, -0.2) is 17.6 Å². The lowest BCUT2D eigenvalue weighted by molar-refractivity contribution is -0.137. The molecule has 0 aliphatic rings. The number of rotatable bonds is 3. The third kappa shape index (κ3) is 3.08. The van der Waals surface area contributed by atoms with Crippen LogP contribution >= 0.6 is 27.3 Å². The molecule has 0 spiro atoms. The normalized spacial score (nSPS) is 11.9. The van der Waals surface area contributed by atoms with E-state index in [2.05, 4.69) is 15.9 Å². The summed E-state index contributed by atoms with van der Waals surface area (Å²) in [5.74, 6) is -0.489. The summed E-state index contributed by atoms with van der Waals surface area (Å²) >= 11 is 4.91. The Morgan fingerprint density at radius 2 is 1.96 bits per heavy atom. The second kappa shape index (κ2) is 6.25. The first kappa shape index (κ1) is 17.0. The summed E-state index contributed by atoms with van der Waals surface area (Å²) in [5, 5.41) is 1.90. The second-order valence-electron chi connectivity index (χ2n) is 5.10. The molecule has 126 valence electrons. The van der Waals surface area contributed by atoms with Crippen LogP contribution in [0.25, 0.3) is 10.2 Å². The molecule has 0 saturated heterocycles. The molecule has 0 aliphatic heterocycles. The summed E-state index contributed by atoms with van der Waals surface area (Å²) < 4.78 is 46.2. The average Bonchev–Trinajstić information content (AvgIpc) is 3.07. The van der Waals surface area contributed by atoms with Gasteiger partial charge in [-0.2, -0.15) is 13.2 Å². The first-order valence-electron chi connectivity index (χ1n) is 6.82. The Labute approximate surface area is 147 Å². The Morgan fingerprint density at radius 1 is 1.29 bits per heavy atom. The van der Waals surface area contributed by atoms with E-state index in [-0.39, 0.29) is 6.54 Å². The van der Waals surface area contributed by atoms with Crippen LogP contribution in [0.4, 0.5) is 13.2 Å². The van der Waals surface area contributed by atoms with Crippen molar-refractivity contribution in [1.82, 2.24) is 4.57 Å². The van der Waals surface area contributed by atoms with Crippen LogP contribution in [0.1, 0.15) is 21.6 Å². The molecule has 0 bridgehead atoms. The van der Waals surface area contributed by atoms with E-state index in [9.17, 15) is 18.0 Å². The highest BCUT2D eigenvalue weighted by Crippen LogP contribution is 2.34. The largest absolute Gasteiger partial charge is 0.464 e. The minimum atomic E-state index is -4.37. The summed E-state index contributed by atoms with van der Waals surface area (Å²) in [7, 11) is 1.29. The Balaban J connectivity index is 2.02. The summed E-state index contributed by atoms with van der Waals surface area (Å²) in [4.78, 5) is 12.0. The van der Waals surface area contributed by atoms with Crippen molar-refractivity contribution >= 4 is 43.5 Å². The van der Waals surface area contributed by atoms with Gasteiger partial charge in [0, 0.05) is 11.9 Å². The van der Waals surface area contributed by atoms with E-state index in [1.54, 1.807) is 10.6 Å². The quantitative estimate of drug-likeness (QED) is 0.540. The van der Waals surface area contributed by atoms with Gasteiger partial charge in [-0.15, -0.1) is 11.3 Å². The molecule has 0 saturated carbocycles. The number of carbonyl (C=O) groups excluding carboxylic acids is 1. The van der Waals surface area contributed by atoms with E-state index in [1.807, 2.05) is 5.38 Å². The van der Waals surface area contributed by atoms with Gasteiger partial charge in [-0.25, -0.2) is 4.79 Å². The lowest BCUT2D eigenvalue weighted by Gasteiger charge is -2.11. The smallest absolute Gasteiger partial charge is 0.416 e. The molecule has 0 aliphatic carbocycles. The second-order valence-corrected chi connectivity index (χ2v) is 6.86.